The molecule has 2 aromatic heterocycles. The quantitative estimate of drug-likeness (QED) is 0.604. The van der Waals surface area contributed by atoms with Crippen LogP contribution in [0.4, 0.5) is 23.4 Å². The smallest absolute Gasteiger partial charge is 0.360 e. The second kappa shape index (κ2) is 6.63. The Hall–Kier alpha value is -2.76. The van der Waals surface area contributed by atoms with Gasteiger partial charge in [-0.05, 0) is 13.3 Å². The number of hydrogen-bond donors (Lipinski definition) is 0. The number of alkyl halides is 3. The van der Waals surface area contributed by atoms with Gasteiger partial charge in [0.1, 0.15) is 11.7 Å². The van der Waals surface area contributed by atoms with E-state index in [-0.39, 0.29) is 18.4 Å². The minimum Gasteiger partial charge on any atom is -0.360 e. The number of nitrogens with zero attached hydrogens (tertiary/aromatic N) is 4. The molecule has 0 radical (unpaired) electrons. The summed E-state index contributed by atoms with van der Waals surface area (Å²) in [5.41, 5.74) is -2.37. The molecule has 0 amide bonds. The average molecular weight is 354 g/mol. The Kier molecular flexibility index (Phi) is 4.92. The molecular formula is C16H14F4N4O. The van der Waals surface area contributed by atoms with Crippen molar-refractivity contribution < 1.29 is 22.4 Å². The Morgan fingerprint density at radius 2 is 2.04 bits per heavy atom. The third-order valence-electron chi connectivity index (χ3n) is 4.05. The van der Waals surface area contributed by atoms with E-state index in [9.17, 15) is 22.4 Å². The number of ketones is 1. The van der Waals surface area contributed by atoms with Crippen LogP contribution in [0.25, 0.3) is 4.85 Å². The maximum absolute atomic E-state index is 13.2. The molecule has 0 fully saturated rings. The van der Waals surface area contributed by atoms with Crippen LogP contribution in [0.1, 0.15) is 31.4 Å². The molecule has 1 unspecified atom stereocenters. The van der Waals surface area contributed by atoms with E-state index in [2.05, 4.69) is 14.9 Å². The zero-order valence-electron chi connectivity index (χ0n) is 13.4. The highest BCUT2D eigenvalue weighted by molar-refractivity contribution is 5.88. The van der Waals surface area contributed by atoms with Crippen LogP contribution in [0.2, 0.25) is 0 Å². The summed E-state index contributed by atoms with van der Waals surface area (Å²) < 4.78 is 53.3. The lowest BCUT2D eigenvalue weighted by molar-refractivity contribution is -0.137. The second-order valence-corrected chi connectivity index (χ2v) is 5.65. The van der Waals surface area contributed by atoms with Crippen molar-refractivity contribution in [3.05, 3.63) is 53.0 Å². The molecule has 9 heteroatoms. The van der Waals surface area contributed by atoms with Crippen LogP contribution < -0.4 is 0 Å². The first kappa shape index (κ1) is 18.6. The molecule has 0 saturated carbocycles. The molecule has 0 aromatic carbocycles. The number of halogens is 4. The summed E-state index contributed by atoms with van der Waals surface area (Å²) >= 11 is 0. The van der Waals surface area contributed by atoms with Crippen molar-refractivity contribution in [1.82, 2.24) is 14.8 Å². The highest BCUT2D eigenvalue weighted by Crippen LogP contribution is 2.36. The molecule has 0 N–H and O–H groups in total. The maximum atomic E-state index is 13.2. The summed E-state index contributed by atoms with van der Waals surface area (Å²) in [6.45, 7) is 10.00. The molecule has 5 nitrogen and oxygen atoms in total. The van der Waals surface area contributed by atoms with Gasteiger partial charge in [0.05, 0.1) is 18.0 Å². The van der Waals surface area contributed by atoms with E-state index in [1.807, 2.05) is 0 Å². The van der Waals surface area contributed by atoms with E-state index >= 15 is 0 Å². The first-order valence-corrected chi connectivity index (χ1v) is 7.29. The van der Waals surface area contributed by atoms with E-state index in [1.165, 1.54) is 6.92 Å². The van der Waals surface area contributed by atoms with Gasteiger partial charge in [-0.15, -0.1) is 4.98 Å². The van der Waals surface area contributed by atoms with Gasteiger partial charge in [-0.1, -0.05) is 19.6 Å². The summed E-state index contributed by atoms with van der Waals surface area (Å²) in [4.78, 5) is 18.9. The minimum atomic E-state index is -4.74. The first-order valence-electron chi connectivity index (χ1n) is 7.29. The van der Waals surface area contributed by atoms with Gasteiger partial charge in [-0.3, -0.25) is 9.48 Å². The molecule has 0 aliphatic heterocycles. The van der Waals surface area contributed by atoms with Crippen LogP contribution in [-0.4, -0.2) is 20.5 Å². The number of aromatic nitrogens is 3. The third-order valence-corrected chi connectivity index (χ3v) is 4.05. The van der Waals surface area contributed by atoms with E-state index < -0.39 is 34.7 Å². The highest BCUT2D eigenvalue weighted by atomic mass is 19.4. The van der Waals surface area contributed by atoms with Crippen LogP contribution in [0.5, 0.6) is 0 Å². The van der Waals surface area contributed by atoms with Gasteiger partial charge in [0.2, 0.25) is 0 Å². The molecule has 0 saturated heterocycles. The minimum absolute atomic E-state index is 0.0250. The normalized spacial score (nSPS) is 14.0. The van der Waals surface area contributed by atoms with Crippen molar-refractivity contribution in [3.63, 3.8) is 0 Å². The van der Waals surface area contributed by atoms with Gasteiger partial charge in [-0.25, -0.2) is 4.39 Å². The number of pyridine rings is 1. The fraction of sp³-hybridized carbons (Fsp3) is 0.375. The Bertz CT molecular complexity index is 837. The summed E-state index contributed by atoms with van der Waals surface area (Å²) in [5, 5.41) is 3.79. The molecule has 2 rings (SSSR count). The molecule has 2 heterocycles. The van der Waals surface area contributed by atoms with Crippen LogP contribution >= 0.6 is 0 Å². The molecule has 0 aliphatic carbocycles. The zero-order valence-corrected chi connectivity index (χ0v) is 13.4. The van der Waals surface area contributed by atoms with Gasteiger partial charge >= 0.3 is 6.18 Å². The second-order valence-electron chi connectivity index (χ2n) is 5.65. The average Bonchev–Trinajstić information content (AvgIpc) is 3.00. The van der Waals surface area contributed by atoms with Crippen molar-refractivity contribution >= 4 is 11.6 Å². The zero-order chi connectivity index (χ0) is 18.8. The number of hydrogen-bond acceptors (Lipinski definition) is 3. The Morgan fingerprint density at radius 3 is 2.52 bits per heavy atom. The number of rotatable bonds is 5. The van der Waals surface area contributed by atoms with Crippen LogP contribution in [0, 0.1) is 12.4 Å². The number of Topliss-reactive ketones (excluding diaryl/α,β-unsaturated/α-hetero) is 1. The van der Waals surface area contributed by atoms with Gasteiger partial charge in [0, 0.05) is 12.0 Å². The van der Waals surface area contributed by atoms with Gasteiger partial charge in [0.25, 0.3) is 5.82 Å². The lowest BCUT2D eigenvalue weighted by Crippen LogP contribution is -2.40. The summed E-state index contributed by atoms with van der Waals surface area (Å²) in [6, 6.07) is 0.748. The first-order chi connectivity index (χ1) is 11.6. The molecule has 25 heavy (non-hydrogen) atoms. The van der Waals surface area contributed by atoms with Crippen molar-refractivity contribution in [2.24, 2.45) is 0 Å². The predicted molar refractivity (Wildman–Crippen MR) is 80.3 cm³/mol. The topological polar surface area (TPSA) is 52.1 Å². The molecule has 0 bridgehead atoms. The van der Waals surface area contributed by atoms with Crippen LogP contribution in [0.15, 0.2) is 24.7 Å². The fourth-order valence-corrected chi connectivity index (χ4v) is 2.33. The maximum Gasteiger partial charge on any atom is 0.409 e. The number of carbonyl (C=O) groups excluding carboxylic acids is 1. The Morgan fingerprint density at radius 1 is 1.36 bits per heavy atom. The molecule has 132 valence electrons. The molecular weight excluding hydrogens is 340 g/mol. The third kappa shape index (κ3) is 3.68. The Balaban J connectivity index is 2.35. The fourth-order valence-electron chi connectivity index (χ4n) is 2.33. The van der Waals surface area contributed by atoms with Gasteiger partial charge in [-0.2, -0.15) is 18.3 Å². The summed E-state index contributed by atoms with van der Waals surface area (Å²) in [7, 11) is 0. The summed E-state index contributed by atoms with van der Waals surface area (Å²) in [5.74, 6) is -1.82. The van der Waals surface area contributed by atoms with Crippen molar-refractivity contribution in [2.75, 3.05) is 0 Å². The SMILES string of the molecule is [C-]#[N+]c1ncc(CC(=O)C(C)(CC)n2cc(F)cn2)cc1C(F)(F)F. The number of carbonyl (C=O) groups is 1. The highest BCUT2D eigenvalue weighted by Gasteiger charge is 2.37. The standard InChI is InChI=1S/C16H14F4N4O/c1-4-15(2,24-9-11(17)8-23-24)13(25)6-10-5-12(16(18,19)20)14(21-3)22-7-10/h5,7-9H,4,6H2,1-2H3. The van der Waals surface area contributed by atoms with Crippen LogP contribution in [-0.2, 0) is 22.9 Å². The van der Waals surface area contributed by atoms with Gasteiger partial charge in [0.15, 0.2) is 11.6 Å². The molecule has 0 spiro atoms. The lowest BCUT2D eigenvalue weighted by atomic mass is 9.89. The lowest BCUT2D eigenvalue weighted by Gasteiger charge is -2.27. The van der Waals surface area contributed by atoms with E-state index in [1.54, 1.807) is 6.92 Å². The van der Waals surface area contributed by atoms with E-state index in [4.69, 9.17) is 6.57 Å². The van der Waals surface area contributed by atoms with Gasteiger partial charge < -0.3 is 4.85 Å². The Labute approximate surface area is 141 Å². The van der Waals surface area contributed by atoms with Crippen molar-refractivity contribution in [1.29, 1.82) is 0 Å². The molecule has 0 aliphatic rings. The summed E-state index contributed by atoms with van der Waals surface area (Å²) in [6.07, 6.45) is -1.74. The van der Waals surface area contributed by atoms with Crippen LogP contribution in [0.3, 0.4) is 0 Å². The largest absolute Gasteiger partial charge is 0.409 e. The van der Waals surface area contributed by atoms with Crippen molar-refractivity contribution in [2.45, 2.75) is 38.4 Å². The van der Waals surface area contributed by atoms with Crippen molar-refractivity contribution in [3.8, 4) is 0 Å². The monoisotopic (exact) mass is 354 g/mol. The van der Waals surface area contributed by atoms with E-state index in [0.717, 1.165) is 29.3 Å². The molecule has 2 aromatic rings. The molecule has 1 atom stereocenters. The van der Waals surface area contributed by atoms with E-state index in [0.29, 0.717) is 0 Å². The predicted octanol–water partition coefficient (Wildman–Crippen LogP) is 3.92.